The van der Waals surface area contributed by atoms with Gasteiger partial charge in [0, 0.05) is 6.61 Å². The highest BCUT2D eigenvalue weighted by atomic mass is 79.9. The predicted molar refractivity (Wildman–Crippen MR) is 75.4 cm³/mol. The van der Waals surface area contributed by atoms with Crippen molar-refractivity contribution in [3.8, 4) is 0 Å². The molecule has 0 radical (unpaired) electrons. The molecule has 1 heterocycles. The first-order valence-electron chi connectivity index (χ1n) is 6.80. The molecule has 1 aliphatic carbocycles. The Bertz CT molecular complexity index is 366. The average Bonchev–Trinajstić information content (AvgIpc) is 2.83. The molecule has 1 fully saturated rings. The Labute approximate surface area is 117 Å². The molecule has 4 heteroatoms. The summed E-state index contributed by atoms with van der Waals surface area (Å²) in [6.07, 6.45) is 4.96. The molecule has 0 aliphatic heterocycles. The second-order valence-electron chi connectivity index (χ2n) is 5.26. The van der Waals surface area contributed by atoms with Gasteiger partial charge in [-0.05, 0) is 66.2 Å². The summed E-state index contributed by atoms with van der Waals surface area (Å²) in [5.74, 6) is 2.03. The van der Waals surface area contributed by atoms with E-state index in [2.05, 4.69) is 28.2 Å². The molecule has 1 aromatic heterocycles. The van der Waals surface area contributed by atoms with Crippen molar-refractivity contribution >= 4 is 15.9 Å². The molecule has 2 rings (SSSR count). The summed E-state index contributed by atoms with van der Waals surface area (Å²) in [5.41, 5.74) is 0. The molecular formula is C14H22BrNO2. The molecule has 3 nitrogen and oxygen atoms in total. The molecule has 1 aliphatic rings. The van der Waals surface area contributed by atoms with Crippen molar-refractivity contribution < 1.29 is 9.52 Å². The molecule has 102 valence electrons. The predicted octanol–water partition coefficient (Wildman–Crippen LogP) is 3.49. The zero-order valence-corrected chi connectivity index (χ0v) is 12.4. The third-order valence-corrected chi connectivity index (χ3v) is 4.43. The Hall–Kier alpha value is -0.320. The Morgan fingerprint density at radius 3 is 2.72 bits per heavy atom. The number of nitrogens with one attached hydrogen (secondary N) is 1. The molecule has 3 atom stereocenters. The van der Waals surface area contributed by atoms with E-state index in [0.29, 0.717) is 18.4 Å². The molecule has 1 aromatic rings. The van der Waals surface area contributed by atoms with Crippen molar-refractivity contribution in [2.75, 3.05) is 13.2 Å². The first kappa shape index (κ1) is 14.1. The summed E-state index contributed by atoms with van der Waals surface area (Å²) in [6, 6.07) is 4.13. The van der Waals surface area contributed by atoms with Gasteiger partial charge in [0.15, 0.2) is 4.67 Å². The Kier molecular flexibility index (Phi) is 5.27. The van der Waals surface area contributed by atoms with Crippen LogP contribution in [0.1, 0.15) is 44.4 Å². The first-order chi connectivity index (χ1) is 8.70. The number of halogens is 1. The largest absolute Gasteiger partial charge is 0.453 e. The minimum atomic E-state index is 0.220. The summed E-state index contributed by atoms with van der Waals surface area (Å²) in [5, 5.41) is 12.9. The molecule has 0 aromatic carbocycles. The van der Waals surface area contributed by atoms with Crippen LogP contribution in [-0.2, 0) is 0 Å². The van der Waals surface area contributed by atoms with Crippen molar-refractivity contribution in [3.05, 3.63) is 22.6 Å². The number of furan rings is 1. The van der Waals surface area contributed by atoms with Crippen LogP contribution in [0.4, 0.5) is 0 Å². The van der Waals surface area contributed by atoms with Crippen LogP contribution in [0, 0.1) is 11.8 Å². The summed E-state index contributed by atoms with van der Waals surface area (Å²) >= 11 is 3.32. The third-order valence-electron chi connectivity index (χ3n) is 4.01. The Morgan fingerprint density at radius 2 is 2.11 bits per heavy atom. The maximum absolute atomic E-state index is 9.39. The van der Waals surface area contributed by atoms with E-state index in [0.717, 1.165) is 17.0 Å². The fourth-order valence-electron chi connectivity index (χ4n) is 2.78. The number of aliphatic hydroxyl groups is 1. The van der Waals surface area contributed by atoms with Gasteiger partial charge in [0.25, 0.3) is 0 Å². The fraction of sp³-hybridized carbons (Fsp3) is 0.714. The summed E-state index contributed by atoms with van der Waals surface area (Å²) < 4.78 is 6.32. The van der Waals surface area contributed by atoms with E-state index in [-0.39, 0.29) is 6.04 Å². The van der Waals surface area contributed by atoms with E-state index in [1.165, 1.54) is 25.7 Å². The van der Waals surface area contributed by atoms with Gasteiger partial charge in [0.05, 0.1) is 6.04 Å². The highest BCUT2D eigenvalue weighted by molar-refractivity contribution is 9.10. The maximum Gasteiger partial charge on any atom is 0.169 e. The lowest BCUT2D eigenvalue weighted by atomic mass is 9.79. The molecular weight excluding hydrogens is 294 g/mol. The average molecular weight is 316 g/mol. The van der Waals surface area contributed by atoms with E-state index in [1.54, 1.807) is 0 Å². The number of rotatable bonds is 5. The van der Waals surface area contributed by atoms with Gasteiger partial charge in [-0.3, -0.25) is 0 Å². The minimum Gasteiger partial charge on any atom is -0.453 e. The maximum atomic E-state index is 9.39. The van der Waals surface area contributed by atoms with Crippen LogP contribution in [0.5, 0.6) is 0 Å². The molecule has 0 amide bonds. The molecule has 0 spiro atoms. The van der Waals surface area contributed by atoms with E-state index in [1.807, 2.05) is 12.1 Å². The van der Waals surface area contributed by atoms with Crippen LogP contribution in [0.15, 0.2) is 21.2 Å². The lowest BCUT2D eigenvalue weighted by Gasteiger charge is -2.31. The lowest BCUT2D eigenvalue weighted by Crippen LogP contribution is -2.33. The third kappa shape index (κ3) is 3.59. The second-order valence-corrected chi connectivity index (χ2v) is 6.04. The quantitative estimate of drug-likeness (QED) is 0.874. The van der Waals surface area contributed by atoms with Gasteiger partial charge < -0.3 is 14.8 Å². The molecule has 3 unspecified atom stereocenters. The molecule has 2 N–H and O–H groups in total. The van der Waals surface area contributed by atoms with Crippen molar-refractivity contribution in [1.82, 2.24) is 5.32 Å². The van der Waals surface area contributed by atoms with Gasteiger partial charge in [-0.15, -0.1) is 0 Å². The monoisotopic (exact) mass is 315 g/mol. The second kappa shape index (κ2) is 6.73. The zero-order valence-electron chi connectivity index (χ0n) is 10.9. The van der Waals surface area contributed by atoms with Crippen LogP contribution < -0.4 is 5.32 Å². The van der Waals surface area contributed by atoms with Gasteiger partial charge >= 0.3 is 0 Å². The molecule has 0 saturated heterocycles. The highest BCUT2D eigenvalue weighted by Gasteiger charge is 2.24. The standard InChI is InChI=1S/C14H22BrNO2/c1-10(13-6-7-14(15)18-13)16-8-11-4-2-3-5-12(11)9-17/h6-7,10-12,16-17H,2-5,8-9H2,1H3. The van der Waals surface area contributed by atoms with E-state index in [4.69, 9.17) is 4.42 Å². The van der Waals surface area contributed by atoms with Crippen molar-refractivity contribution in [3.63, 3.8) is 0 Å². The van der Waals surface area contributed by atoms with E-state index >= 15 is 0 Å². The number of aliphatic hydroxyl groups excluding tert-OH is 1. The van der Waals surface area contributed by atoms with E-state index in [9.17, 15) is 5.11 Å². The summed E-state index contributed by atoms with van der Waals surface area (Å²) in [6.45, 7) is 3.40. The smallest absolute Gasteiger partial charge is 0.169 e. The van der Waals surface area contributed by atoms with Gasteiger partial charge in [-0.2, -0.15) is 0 Å². The van der Waals surface area contributed by atoms with Crippen molar-refractivity contribution in [2.45, 2.75) is 38.6 Å². The number of hydrogen-bond acceptors (Lipinski definition) is 3. The van der Waals surface area contributed by atoms with Crippen molar-refractivity contribution in [2.24, 2.45) is 11.8 Å². The Morgan fingerprint density at radius 1 is 1.39 bits per heavy atom. The van der Waals surface area contributed by atoms with Crippen LogP contribution in [0.25, 0.3) is 0 Å². The zero-order chi connectivity index (χ0) is 13.0. The topological polar surface area (TPSA) is 45.4 Å². The molecule has 1 saturated carbocycles. The van der Waals surface area contributed by atoms with Gasteiger partial charge in [-0.25, -0.2) is 0 Å². The van der Waals surface area contributed by atoms with Gasteiger partial charge in [0.1, 0.15) is 5.76 Å². The van der Waals surface area contributed by atoms with E-state index < -0.39 is 0 Å². The van der Waals surface area contributed by atoms with Gasteiger partial charge in [-0.1, -0.05) is 12.8 Å². The SMILES string of the molecule is CC(NCC1CCCCC1CO)c1ccc(Br)o1. The van der Waals surface area contributed by atoms with Gasteiger partial charge in [0.2, 0.25) is 0 Å². The first-order valence-corrected chi connectivity index (χ1v) is 7.59. The van der Waals surface area contributed by atoms with Crippen molar-refractivity contribution in [1.29, 1.82) is 0 Å². The normalized spacial score (nSPS) is 26.2. The molecule has 0 bridgehead atoms. The minimum absolute atomic E-state index is 0.220. The van der Waals surface area contributed by atoms with Crippen LogP contribution >= 0.6 is 15.9 Å². The fourth-order valence-corrected chi connectivity index (χ4v) is 3.10. The highest BCUT2D eigenvalue weighted by Crippen LogP contribution is 2.30. The summed E-state index contributed by atoms with van der Waals surface area (Å²) in [7, 11) is 0. The van der Waals surface area contributed by atoms with Crippen LogP contribution in [-0.4, -0.2) is 18.3 Å². The Balaban J connectivity index is 1.83. The van der Waals surface area contributed by atoms with Crippen LogP contribution in [0.3, 0.4) is 0 Å². The van der Waals surface area contributed by atoms with Crippen LogP contribution in [0.2, 0.25) is 0 Å². The number of hydrogen-bond donors (Lipinski definition) is 2. The molecule has 18 heavy (non-hydrogen) atoms. The lowest BCUT2D eigenvalue weighted by molar-refractivity contribution is 0.131. The summed E-state index contributed by atoms with van der Waals surface area (Å²) in [4.78, 5) is 0.